The summed E-state index contributed by atoms with van der Waals surface area (Å²) in [5.41, 5.74) is 2.93. The summed E-state index contributed by atoms with van der Waals surface area (Å²) < 4.78 is 1.56. The summed E-state index contributed by atoms with van der Waals surface area (Å²) in [4.78, 5) is 18.6. The number of nitrogens with one attached hydrogen (secondary N) is 1. The lowest BCUT2D eigenvalue weighted by Crippen LogP contribution is -2.14. The smallest absolute Gasteiger partial charge is 0.255 e. The van der Waals surface area contributed by atoms with E-state index in [4.69, 9.17) is 0 Å². The number of carbonyl (C=O) groups is 1. The third kappa shape index (κ3) is 3.22. The van der Waals surface area contributed by atoms with Gasteiger partial charge in [-0.3, -0.25) is 4.79 Å². The topological polar surface area (TPSA) is 88.8 Å². The van der Waals surface area contributed by atoms with Crippen molar-refractivity contribution >= 4 is 17.4 Å². The molecule has 0 bridgehead atoms. The molecule has 0 atom stereocenters. The average Bonchev–Trinajstić information content (AvgIpc) is 3.09. The van der Waals surface area contributed by atoms with Crippen molar-refractivity contribution in [3.05, 3.63) is 54.0 Å². The fraction of sp³-hybridized carbons (Fsp3) is 0.188. The number of anilines is 2. The van der Waals surface area contributed by atoms with E-state index in [9.17, 15) is 4.79 Å². The van der Waals surface area contributed by atoms with Crippen LogP contribution in [0.3, 0.4) is 0 Å². The molecule has 122 valence electrons. The number of benzene rings is 1. The second-order valence-corrected chi connectivity index (χ2v) is 5.51. The maximum Gasteiger partial charge on any atom is 0.255 e. The first-order chi connectivity index (χ1) is 11.5. The van der Waals surface area contributed by atoms with Gasteiger partial charge in [-0.25, -0.2) is 9.67 Å². The quantitative estimate of drug-likeness (QED) is 0.786. The molecule has 0 aliphatic carbocycles. The van der Waals surface area contributed by atoms with E-state index in [1.54, 1.807) is 23.0 Å². The number of pyridine rings is 1. The van der Waals surface area contributed by atoms with E-state index in [0.29, 0.717) is 11.3 Å². The first-order valence-corrected chi connectivity index (χ1v) is 7.33. The van der Waals surface area contributed by atoms with Crippen LogP contribution in [0.5, 0.6) is 0 Å². The van der Waals surface area contributed by atoms with Crippen LogP contribution in [0.25, 0.3) is 5.69 Å². The van der Waals surface area contributed by atoms with Crippen molar-refractivity contribution in [1.29, 1.82) is 0 Å². The zero-order chi connectivity index (χ0) is 17.1. The Morgan fingerprint density at radius 1 is 1.21 bits per heavy atom. The fourth-order valence-electron chi connectivity index (χ4n) is 2.25. The Morgan fingerprint density at radius 2 is 2.04 bits per heavy atom. The summed E-state index contributed by atoms with van der Waals surface area (Å²) in [6.45, 7) is 1.90. The number of hydrogen-bond donors (Lipinski definition) is 1. The highest BCUT2D eigenvalue weighted by molar-refractivity contribution is 6.04. The zero-order valence-corrected chi connectivity index (χ0v) is 13.6. The molecule has 8 nitrogen and oxygen atoms in total. The van der Waals surface area contributed by atoms with Crippen molar-refractivity contribution < 1.29 is 4.79 Å². The van der Waals surface area contributed by atoms with Crippen LogP contribution < -0.4 is 10.2 Å². The van der Waals surface area contributed by atoms with E-state index in [0.717, 1.165) is 17.1 Å². The second kappa shape index (κ2) is 6.45. The molecule has 1 N–H and O–H groups in total. The summed E-state index contributed by atoms with van der Waals surface area (Å²) in [6.07, 6.45) is 3.15. The van der Waals surface area contributed by atoms with Gasteiger partial charge in [0.2, 0.25) is 0 Å². The third-order valence-corrected chi connectivity index (χ3v) is 3.52. The van der Waals surface area contributed by atoms with Gasteiger partial charge in [-0.15, -0.1) is 5.10 Å². The number of aryl methyl sites for hydroxylation is 1. The predicted octanol–water partition coefficient (Wildman–Crippen LogP) is 1.68. The summed E-state index contributed by atoms with van der Waals surface area (Å²) in [5, 5.41) is 13.9. The van der Waals surface area contributed by atoms with E-state index in [1.807, 2.05) is 44.1 Å². The highest BCUT2D eigenvalue weighted by atomic mass is 16.1. The van der Waals surface area contributed by atoms with Gasteiger partial charge in [0.1, 0.15) is 12.1 Å². The summed E-state index contributed by atoms with van der Waals surface area (Å²) in [5.74, 6) is 0.635. The number of nitrogens with zero attached hydrogens (tertiary/aromatic N) is 6. The van der Waals surface area contributed by atoms with Gasteiger partial charge < -0.3 is 10.2 Å². The summed E-state index contributed by atoms with van der Waals surface area (Å²) >= 11 is 0. The molecule has 1 aromatic carbocycles. The predicted molar refractivity (Wildman–Crippen MR) is 90.4 cm³/mol. The molecule has 2 aromatic heterocycles. The Kier molecular flexibility index (Phi) is 4.19. The number of amides is 1. The Balaban J connectivity index is 1.76. The third-order valence-electron chi connectivity index (χ3n) is 3.52. The second-order valence-electron chi connectivity index (χ2n) is 5.51. The van der Waals surface area contributed by atoms with Crippen molar-refractivity contribution in [3.8, 4) is 5.69 Å². The Labute approximate surface area is 139 Å². The minimum Gasteiger partial charge on any atom is -0.363 e. The maximum absolute atomic E-state index is 12.4. The lowest BCUT2D eigenvalue weighted by Gasteiger charge is -2.12. The van der Waals surface area contributed by atoms with Crippen molar-refractivity contribution in [2.24, 2.45) is 0 Å². The molecular weight excluding hydrogens is 306 g/mol. The largest absolute Gasteiger partial charge is 0.363 e. The van der Waals surface area contributed by atoms with Crippen molar-refractivity contribution in [2.45, 2.75) is 6.92 Å². The van der Waals surface area contributed by atoms with Gasteiger partial charge in [0.05, 0.1) is 17.6 Å². The van der Waals surface area contributed by atoms with Crippen LogP contribution in [-0.2, 0) is 0 Å². The van der Waals surface area contributed by atoms with Crippen molar-refractivity contribution in [1.82, 2.24) is 25.2 Å². The zero-order valence-electron chi connectivity index (χ0n) is 13.6. The molecule has 0 saturated carbocycles. The van der Waals surface area contributed by atoms with Crippen LogP contribution >= 0.6 is 0 Å². The van der Waals surface area contributed by atoms with Gasteiger partial charge in [-0.2, -0.15) is 0 Å². The van der Waals surface area contributed by atoms with Crippen molar-refractivity contribution in [2.75, 3.05) is 24.3 Å². The lowest BCUT2D eigenvalue weighted by atomic mass is 10.1. The number of rotatable bonds is 4. The van der Waals surface area contributed by atoms with Crippen LogP contribution in [0.4, 0.5) is 11.5 Å². The maximum atomic E-state index is 12.4. The molecule has 3 rings (SSSR count). The van der Waals surface area contributed by atoms with Crippen LogP contribution in [0.15, 0.2) is 42.9 Å². The molecule has 3 aromatic rings. The molecule has 0 radical (unpaired) electrons. The molecular formula is C16H17N7O. The highest BCUT2D eigenvalue weighted by Crippen LogP contribution is 2.17. The van der Waals surface area contributed by atoms with Gasteiger partial charge in [0.15, 0.2) is 0 Å². The molecule has 0 aliphatic heterocycles. The molecule has 1 amide bonds. The van der Waals surface area contributed by atoms with E-state index in [-0.39, 0.29) is 5.91 Å². The molecule has 8 heteroatoms. The summed E-state index contributed by atoms with van der Waals surface area (Å²) in [7, 11) is 3.82. The number of tetrazole rings is 1. The van der Waals surface area contributed by atoms with Gasteiger partial charge in [0, 0.05) is 19.7 Å². The minimum atomic E-state index is -0.194. The lowest BCUT2D eigenvalue weighted by molar-refractivity contribution is 0.102. The Bertz CT molecular complexity index is 841. The van der Waals surface area contributed by atoms with Crippen LogP contribution in [0.1, 0.15) is 15.9 Å². The molecule has 0 fully saturated rings. The number of aromatic nitrogens is 5. The number of hydrogen-bond acceptors (Lipinski definition) is 6. The van der Waals surface area contributed by atoms with E-state index in [1.165, 1.54) is 6.33 Å². The van der Waals surface area contributed by atoms with Crippen molar-refractivity contribution in [3.63, 3.8) is 0 Å². The monoisotopic (exact) mass is 323 g/mol. The van der Waals surface area contributed by atoms with Gasteiger partial charge in [0.25, 0.3) is 5.91 Å². The normalized spacial score (nSPS) is 10.5. The van der Waals surface area contributed by atoms with E-state index < -0.39 is 0 Å². The number of carbonyl (C=O) groups excluding carboxylic acids is 1. The Hall–Kier alpha value is -3.29. The highest BCUT2D eigenvalue weighted by Gasteiger charge is 2.10. The van der Waals surface area contributed by atoms with Gasteiger partial charge in [-0.05, 0) is 53.2 Å². The van der Waals surface area contributed by atoms with Gasteiger partial charge in [-0.1, -0.05) is 0 Å². The average molecular weight is 323 g/mol. The van der Waals surface area contributed by atoms with Crippen LogP contribution in [0.2, 0.25) is 0 Å². The SMILES string of the molecule is Cc1cc(C(=O)Nc2ccc(N(C)C)nc2)ccc1-n1cnnn1. The fourth-order valence-corrected chi connectivity index (χ4v) is 2.25. The van der Waals surface area contributed by atoms with E-state index >= 15 is 0 Å². The molecule has 24 heavy (non-hydrogen) atoms. The summed E-state index contributed by atoms with van der Waals surface area (Å²) in [6, 6.07) is 9.02. The molecule has 0 saturated heterocycles. The molecule has 0 aliphatic rings. The minimum absolute atomic E-state index is 0.194. The van der Waals surface area contributed by atoms with E-state index in [2.05, 4.69) is 25.8 Å². The first-order valence-electron chi connectivity index (χ1n) is 7.33. The van der Waals surface area contributed by atoms with Crippen LogP contribution in [-0.4, -0.2) is 45.2 Å². The molecule has 2 heterocycles. The first kappa shape index (κ1) is 15.6. The standard InChI is InChI=1S/C16H17N7O/c1-11-8-12(4-6-14(11)23-10-18-20-21-23)16(24)19-13-5-7-15(17-9-13)22(2)3/h4-10H,1-3H3,(H,19,24). The molecule has 0 spiro atoms. The van der Waals surface area contributed by atoms with Gasteiger partial charge >= 0.3 is 0 Å². The Morgan fingerprint density at radius 3 is 2.62 bits per heavy atom. The molecule has 0 unspecified atom stereocenters. The van der Waals surface area contributed by atoms with Crippen LogP contribution in [0, 0.1) is 6.92 Å².